The van der Waals surface area contributed by atoms with Crippen molar-refractivity contribution in [3.8, 4) is 0 Å². The lowest BCUT2D eigenvalue weighted by Gasteiger charge is -2.51. The van der Waals surface area contributed by atoms with Crippen molar-refractivity contribution in [2.24, 2.45) is 0 Å². The Bertz CT molecular complexity index is 347. The van der Waals surface area contributed by atoms with E-state index >= 15 is 0 Å². The van der Waals surface area contributed by atoms with Gasteiger partial charge in [0, 0.05) is 53.4 Å². The van der Waals surface area contributed by atoms with E-state index in [0.717, 1.165) is 25.9 Å². The summed E-state index contributed by atoms with van der Waals surface area (Å²) in [5, 5.41) is 0. The van der Waals surface area contributed by atoms with E-state index in [9.17, 15) is 9.59 Å². The average Bonchev–Trinajstić information content (AvgIpc) is 2.39. The largest absolute Gasteiger partial charge is 0.348 e. The van der Waals surface area contributed by atoms with Gasteiger partial charge in [-0.2, -0.15) is 0 Å². The molecule has 0 unspecified atom stereocenters. The van der Waals surface area contributed by atoms with Gasteiger partial charge in [0.1, 0.15) is 0 Å². The third-order valence-corrected chi connectivity index (χ3v) is 4.43. The molecule has 3 fully saturated rings. The molecule has 0 aromatic carbocycles. The fourth-order valence-corrected chi connectivity index (χ4v) is 3.02. The van der Waals surface area contributed by atoms with E-state index < -0.39 is 0 Å². The Morgan fingerprint density at radius 1 is 0.850 bits per heavy atom. The molecule has 0 spiro atoms. The van der Waals surface area contributed by atoms with Crippen LogP contribution in [0.25, 0.3) is 0 Å². The molecule has 3 heterocycles. The molecule has 0 N–H and O–H groups in total. The van der Waals surface area contributed by atoms with Crippen LogP contribution >= 0.6 is 0 Å². The van der Waals surface area contributed by atoms with Gasteiger partial charge in [0.25, 0.3) is 0 Å². The molecule has 6 nitrogen and oxygen atoms in total. The Morgan fingerprint density at radius 2 is 1.20 bits per heavy atom. The fraction of sp³-hybridized carbons (Fsp3) is 0.857. The first kappa shape index (κ1) is 15.3. The van der Waals surface area contributed by atoms with Crippen LogP contribution in [0.5, 0.6) is 0 Å². The van der Waals surface area contributed by atoms with Crippen LogP contribution in [0.4, 0.5) is 0 Å². The molecule has 3 aliphatic heterocycles. The van der Waals surface area contributed by atoms with Gasteiger partial charge < -0.3 is 9.80 Å². The third-order valence-electron chi connectivity index (χ3n) is 4.43. The highest BCUT2D eigenvalue weighted by Gasteiger charge is 2.40. The van der Waals surface area contributed by atoms with Crippen LogP contribution < -0.4 is 0 Å². The fourth-order valence-electron chi connectivity index (χ4n) is 3.02. The van der Waals surface area contributed by atoms with Crippen molar-refractivity contribution >= 4 is 11.8 Å². The molecule has 0 saturated carbocycles. The predicted octanol–water partition coefficient (Wildman–Crippen LogP) is -0.689. The first-order valence-electron chi connectivity index (χ1n) is 7.27. The molecule has 2 bridgehead atoms. The molecule has 0 aromatic rings. The Kier molecular flexibility index (Phi) is 4.65. The van der Waals surface area contributed by atoms with Crippen LogP contribution in [0, 0.1) is 0 Å². The van der Waals surface area contributed by atoms with Gasteiger partial charge in [-0.15, -0.1) is 0 Å². The zero-order valence-electron chi connectivity index (χ0n) is 13.0. The number of nitrogens with zero attached hydrogens (tertiary/aromatic N) is 4. The molecule has 3 aliphatic rings. The zero-order valence-corrected chi connectivity index (χ0v) is 13.0. The minimum Gasteiger partial charge on any atom is -0.348 e. The Balaban J connectivity index is 1.91. The second-order valence-electron chi connectivity index (χ2n) is 6.32. The highest BCUT2D eigenvalue weighted by molar-refractivity contribution is 5.78. The Morgan fingerprint density at radius 3 is 1.45 bits per heavy atom. The third kappa shape index (κ3) is 3.30. The summed E-state index contributed by atoms with van der Waals surface area (Å²) in [7, 11) is 7.19. The molecule has 0 radical (unpaired) electrons. The monoisotopic (exact) mass is 282 g/mol. The second-order valence-corrected chi connectivity index (χ2v) is 6.32. The molecule has 114 valence electrons. The van der Waals surface area contributed by atoms with E-state index in [4.69, 9.17) is 0 Å². The smallest absolute Gasteiger partial charge is 0.236 e. The number of carbonyl (C=O) groups is 2. The second kappa shape index (κ2) is 6.10. The Labute approximate surface area is 121 Å². The van der Waals surface area contributed by atoms with E-state index in [1.165, 1.54) is 0 Å². The minimum absolute atomic E-state index is 0.161. The topological polar surface area (TPSA) is 47.1 Å². The molecular weight excluding hydrogens is 256 g/mol. The van der Waals surface area contributed by atoms with Crippen molar-refractivity contribution in [2.75, 3.05) is 54.4 Å². The number of hydrogen-bond acceptors (Lipinski definition) is 4. The summed E-state index contributed by atoms with van der Waals surface area (Å²) in [6, 6.07) is 0.831. The molecule has 20 heavy (non-hydrogen) atoms. The quantitative estimate of drug-likeness (QED) is 0.685. The number of likely N-dealkylation sites (N-methyl/N-ethyl adjacent to an activating group) is 2. The molecule has 0 aromatic heterocycles. The van der Waals surface area contributed by atoms with E-state index in [-0.39, 0.29) is 11.8 Å². The number of fused-ring (bicyclic) bond motifs is 3. The maximum absolute atomic E-state index is 11.8. The van der Waals surface area contributed by atoms with Gasteiger partial charge in [-0.05, 0) is 12.8 Å². The maximum Gasteiger partial charge on any atom is 0.236 e. The van der Waals surface area contributed by atoms with E-state index in [1.54, 1.807) is 38.0 Å². The minimum atomic E-state index is 0.161. The number of hydrogen-bond donors (Lipinski definition) is 0. The number of piperazine rings is 1. The van der Waals surface area contributed by atoms with E-state index in [0.29, 0.717) is 25.2 Å². The predicted molar refractivity (Wildman–Crippen MR) is 77.3 cm³/mol. The summed E-state index contributed by atoms with van der Waals surface area (Å²) in [6.45, 7) is 2.82. The average molecular weight is 282 g/mol. The summed E-state index contributed by atoms with van der Waals surface area (Å²) >= 11 is 0. The number of amides is 2. The van der Waals surface area contributed by atoms with Gasteiger partial charge >= 0.3 is 0 Å². The molecule has 0 aliphatic carbocycles. The molecule has 2 amide bonds. The number of piperidine rings is 2. The highest BCUT2D eigenvalue weighted by atomic mass is 16.2. The number of carbonyl (C=O) groups excluding carboxylic acids is 2. The molecule has 2 atom stereocenters. The summed E-state index contributed by atoms with van der Waals surface area (Å²) in [4.78, 5) is 31.6. The SMILES string of the molecule is CN(C)C(=O)CN1C[C@@H]2CC[C@@H]1CN2CC(=O)N(C)C. The standard InChI is InChI=1S/C14H26N4O2/c1-15(2)13(19)9-17-7-12-6-5-11(17)8-18(12)10-14(20)16(3)4/h11-12H,5-10H2,1-4H3/t11-,12+. The van der Waals surface area contributed by atoms with Gasteiger partial charge in [-0.3, -0.25) is 19.4 Å². The van der Waals surface area contributed by atoms with Gasteiger partial charge in [0.2, 0.25) is 11.8 Å². The van der Waals surface area contributed by atoms with Crippen molar-refractivity contribution in [1.29, 1.82) is 0 Å². The summed E-state index contributed by atoms with van der Waals surface area (Å²) < 4.78 is 0. The summed E-state index contributed by atoms with van der Waals surface area (Å²) in [6.07, 6.45) is 2.27. The van der Waals surface area contributed by atoms with Crippen LogP contribution in [-0.2, 0) is 9.59 Å². The zero-order chi connectivity index (χ0) is 14.9. The molecule has 3 saturated heterocycles. The first-order valence-corrected chi connectivity index (χ1v) is 7.27. The van der Waals surface area contributed by atoms with Crippen LogP contribution in [0.15, 0.2) is 0 Å². The van der Waals surface area contributed by atoms with Crippen molar-refractivity contribution in [2.45, 2.75) is 24.9 Å². The molecule has 3 rings (SSSR count). The lowest BCUT2D eigenvalue weighted by Crippen LogP contribution is -2.64. The van der Waals surface area contributed by atoms with Gasteiger partial charge in [-0.1, -0.05) is 0 Å². The highest BCUT2D eigenvalue weighted by Crippen LogP contribution is 2.28. The van der Waals surface area contributed by atoms with Crippen molar-refractivity contribution < 1.29 is 9.59 Å². The van der Waals surface area contributed by atoms with Crippen LogP contribution in [0.3, 0.4) is 0 Å². The summed E-state index contributed by atoms with van der Waals surface area (Å²) in [5.41, 5.74) is 0. The van der Waals surface area contributed by atoms with E-state index in [1.807, 2.05) is 0 Å². The lowest BCUT2D eigenvalue weighted by molar-refractivity contribution is -0.137. The Hall–Kier alpha value is -1.14. The van der Waals surface area contributed by atoms with Crippen molar-refractivity contribution in [3.63, 3.8) is 0 Å². The normalized spacial score (nSPS) is 26.6. The van der Waals surface area contributed by atoms with Crippen LogP contribution in [-0.4, -0.2) is 97.9 Å². The van der Waals surface area contributed by atoms with E-state index in [2.05, 4.69) is 9.80 Å². The lowest BCUT2D eigenvalue weighted by atomic mass is 9.90. The molecule has 6 heteroatoms. The maximum atomic E-state index is 11.8. The number of rotatable bonds is 4. The molecular formula is C14H26N4O2. The summed E-state index contributed by atoms with van der Waals surface area (Å²) in [5.74, 6) is 0.321. The van der Waals surface area contributed by atoms with Crippen LogP contribution in [0.2, 0.25) is 0 Å². The van der Waals surface area contributed by atoms with Gasteiger partial charge in [-0.25, -0.2) is 0 Å². The van der Waals surface area contributed by atoms with Gasteiger partial charge in [0.05, 0.1) is 13.1 Å². The van der Waals surface area contributed by atoms with Gasteiger partial charge in [0.15, 0.2) is 0 Å². The van der Waals surface area contributed by atoms with Crippen molar-refractivity contribution in [1.82, 2.24) is 19.6 Å². The first-order chi connectivity index (χ1) is 9.38. The van der Waals surface area contributed by atoms with Crippen molar-refractivity contribution in [3.05, 3.63) is 0 Å². The van der Waals surface area contributed by atoms with Crippen LogP contribution in [0.1, 0.15) is 12.8 Å².